The lowest BCUT2D eigenvalue weighted by Crippen LogP contribution is -2.45. The van der Waals surface area contributed by atoms with Gasteiger partial charge in [0, 0.05) is 48.8 Å². The highest BCUT2D eigenvalue weighted by Crippen LogP contribution is 2.30. The molecule has 9 heteroatoms. The van der Waals surface area contributed by atoms with Crippen LogP contribution in [0.3, 0.4) is 0 Å². The first-order valence-corrected chi connectivity index (χ1v) is 11.4. The molecule has 0 atom stereocenters. The molecule has 3 aromatic rings. The van der Waals surface area contributed by atoms with Gasteiger partial charge >= 0.3 is 6.18 Å². The highest BCUT2D eigenvalue weighted by molar-refractivity contribution is 5.95. The van der Waals surface area contributed by atoms with E-state index in [0.717, 1.165) is 34.7 Å². The lowest BCUT2D eigenvalue weighted by atomic mass is 10.0. The second kappa shape index (κ2) is 10.3. The molecule has 35 heavy (non-hydrogen) atoms. The van der Waals surface area contributed by atoms with Crippen LogP contribution in [0, 0.1) is 13.8 Å². The van der Waals surface area contributed by atoms with Crippen molar-refractivity contribution < 1.29 is 22.7 Å². The summed E-state index contributed by atoms with van der Waals surface area (Å²) in [5, 5.41) is 3.08. The van der Waals surface area contributed by atoms with E-state index >= 15 is 0 Å². The molecule has 184 valence electrons. The van der Waals surface area contributed by atoms with E-state index in [1.807, 2.05) is 43.0 Å². The molecule has 3 heterocycles. The number of rotatable bonds is 6. The van der Waals surface area contributed by atoms with Crippen LogP contribution in [0.4, 0.5) is 19.0 Å². The molecule has 0 radical (unpaired) electrons. The van der Waals surface area contributed by atoms with Gasteiger partial charge < -0.3 is 15.0 Å². The molecule has 0 unspecified atom stereocenters. The van der Waals surface area contributed by atoms with Crippen LogP contribution in [0.1, 0.15) is 45.5 Å². The standard InChI is InChI=1S/C26H27F3N4O2/c1-17-12-20(13-18(2)24(17)35-16-19-4-3-9-30-14-19)25(34)32-22-7-10-33(11-8-22)23-6-5-21(15-31-23)26(27,28)29/h3-6,9,12-15,22H,7-8,10-11,16H2,1-2H3,(H,32,34). The van der Waals surface area contributed by atoms with Gasteiger partial charge in [0.15, 0.2) is 0 Å². The fourth-order valence-corrected chi connectivity index (χ4v) is 4.21. The second-order valence-electron chi connectivity index (χ2n) is 8.73. The quantitative estimate of drug-likeness (QED) is 0.528. The number of hydrogen-bond acceptors (Lipinski definition) is 5. The van der Waals surface area contributed by atoms with Gasteiger partial charge in [-0.25, -0.2) is 4.98 Å². The summed E-state index contributed by atoms with van der Waals surface area (Å²) >= 11 is 0. The SMILES string of the molecule is Cc1cc(C(=O)NC2CCN(c3ccc(C(F)(F)F)cn3)CC2)cc(C)c1OCc1cccnc1. The van der Waals surface area contributed by atoms with Gasteiger partial charge in [-0.05, 0) is 68.1 Å². The number of halogens is 3. The lowest BCUT2D eigenvalue weighted by molar-refractivity contribution is -0.137. The van der Waals surface area contributed by atoms with Crippen LogP contribution < -0.4 is 15.0 Å². The molecule has 6 nitrogen and oxygen atoms in total. The Hall–Kier alpha value is -3.62. The van der Waals surface area contributed by atoms with Crippen molar-refractivity contribution in [2.75, 3.05) is 18.0 Å². The smallest absolute Gasteiger partial charge is 0.417 e. The van der Waals surface area contributed by atoms with Crippen molar-refractivity contribution >= 4 is 11.7 Å². The van der Waals surface area contributed by atoms with Crippen molar-refractivity contribution in [3.8, 4) is 5.75 Å². The maximum atomic E-state index is 12.9. The van der Waals surface area contributed by atoms with Gasteiger partial charge in [-0.1, -0.05) is 6.07 Å². The Morgan fingerprint density at radius 2 is 1.83 bits per heavy atom. The van der Waals surface area contributed by atoms with Crippen molar-refractivity contribution in [3.05, 3.63) is 82.8 Å². The van der Waals surface area contributed by atoms with Crippen LogP contribution >= 0.6 is 0 Å². The van der Waals surface area contributed by atoms with Gasteiger partial charge in [0.05, 0.1) is 5.56 Å². The third-order valence-corrected chi connectivity index (χ3v) is 6.06. The van der Waals surface area contributed by atoms with Gasteiger partial charge in [-0.15, -0.1) is 0 Å². The van der Waals surface area contributed by atoms with Crippen molar-refractivity contribution in [3.63, 3.8) is 0 Å². The van der Waals surface area contributed by atoms with E-state index in [1.54, 1.807) is 12.4 Å². The molecule has 0 saturated carbocycles. The molecule has 1 fully saturated rings. The molecule has 1 aliphatic rings. The van der Waals surface area contributed by atoms with Gasteiger partial charge in [0.2, 0.25) is 0 Å². The number of nitrogens with zero attached hydrogens (tertiary/aromatic N) is 3. The number of hydrogen-bond donors (Lipinski definition) is 1. The third-order valence-electron chi connectivity index (χ3n) is 6.06. The van der Waals surface area contributed by atoms with Crippen molar-refractivity contribution in [1.29, 1.82) is 0 Å². The van der Waals surface area contributed by atoms with Crippen LogP contribution in [0.25, 0.3) is 0 Å². The average Bonchev–Trinajstić information content (AvgIpc) is 2.84. The number of ether oxygens (including phenoxy) is 1. The number of benzene rings is 1. The van der Waals surface area contributed by atoms with Gasteiger partial charge in [0.1, 0.15) is 18.2 Å². The number of carbonyl (C=O) groups is 1. The molecule has 1 saturated heterocycles. The van der Waals surface area contributed by atoms with Crippen LogP contribution in [0.5, 0.6) is 5.75 Å². The number of anilines is 1. The molecule has 0 spiro atoms. The van der Waals surface area contributed by atoms with Gasteiger partial charge in [0.25, 0.3) is 5.91 Å². The highest BCUT2D eigenvalue weighted by Gasteiger charge is 2.31. The Morgan fingerprint density at radius 1 is 1.11 bits per heavy atom. The van der Waals surface area contributed by atoms with E-state index < -0.39 is 11.7 Å². The van der Waals surface area contributed by atoms with E-state index in [-0.39, 0.29) is 11.9 Å². The third kappa shape index (κ3) is 6.09. The zero-order valence-corrected chi connectivity index (χ0v) is 19.6. The maximum Gasteiger partial charge on any atom is 0.417 e. The Morgan fingerprint density at radius 3 is 2.40 bits per heavy atom. The van der Waals surface area contributed by atoms with E-state index in [9.17, 15) is 18.0 Å². The van der Waals surface area contributed by atoms with E-state index in [1.165, 1.54) is 6.07 Å². The number of aromatic nitrogens is 2. The molecule has 2 aromatic heterocycles. The summed E-state index contributed by atoms with van der Waals surface area (Å²) in [5.74, 6) is 1.11. The summed E-state index contributed by atoms with van der Waals surface area (Å²) in [4.78, 5) is 22.9. The van der Waals surface area contributed by atoms with Gasteiger partial charge in [-0.3, -0.25) is 9.78 Å². The zero-order valence-electron chi connectivity index (χ0n) is 19.6. The van der Waals surface area contributed by atoms with Crippen LogP contribution in [-0.4, -0.2) is 35.0 Å². The minimum Gasteiger partial charge on any atom is -0.488 e. The fraction of sp³-hybridized carbons (Fsp3) is 0.346. The van der Waals surface area contributed by atoms with Crippen LogP contribution in [0.15, 0.2) is 55.0 Å². The normalized spacial score (nSPS) is 14.6. The molecule has 0 aliphatic carbocycles. The Labute approximate surface area is 202 Å². The Kier molecular flexibility index (Phi) is 7.23. The van der Waals surface area contributed by atoms with Crippen molar-refractivity contribution in [2.24, 2.45) is 0 Å². The predicted molar refractivity (Wildman–Crippen MR) is 126 cm³/mol. The second-order valence-corrected chi connectivity index (χ2v) is 8.73. The monoisotopic (exact) mass is 484 g/mol. The minimum atomic E-state index is -4.40. The molecule has 4 rings (SSSR count). The zero-order chi connectivity index (χ0) is 25.0. The van der Waals surface area contributed by atoms with Gasteiger partial charge in [-0.2, -0.15) is 13.2 Å². The largest absolute Gasteiger partial charge is 0.488 e. The molecule has 1 N–H and O–H groups in total. The minimum absolute atomic E-state index is 0.0182. The number of carbonyl (C=O) groups excluding carboxylic acids is 1. The number of nitrogens with one attached hydrogen (secondary N) is 1. The summed E-state index contributed by atoms with van der Waals surface area (Å²) in [6, 6.07) is 9.87. The first-order valence-electron chi connectivity index (χ1n) is 11.4. The summed E-state index contributed by atoms with van der Waals surface area (Å²) in [6.45, 7) is 5.42. The maximum absolute atomic E-state index is 12.9. The molecule has 1 amide bonds. The highest BCUT2D eigenvalue weighted by atomic mass is 19.4. The topological polar surface area (TPSA) is 67.4 Å². The lowest BCUT2D eigenvalue weighted by Gasteiger charge is -2.33. The number of pyridine rings is 2. The summed E-state index contributed by atoms with van der Waals surface area (Å²) in [7, 11) is 0. The fourth-order valence-electron chi connectivity index (χ4n) is 4.21. The van der Waals surface area contributed by atoms with Crippen molar-refractivity contribution in [2.45, 2.75) is 45.5 Å². The Bertz CT molecular complexity index is 1140. The molecule has 1 aromatic carbocycles. The van der Waals surface area contributed by atoms with Crippen LogP contribution in [0.2, 0.25) is 0 Å². The molecule has 0 bridgehead atoms. The summed E-state index contributed by atoms with van der Waals surface area (Å²) in [6.07, 6.45) is 1.28. The van der Waals surface area contributed by atoms with Crippen LogP contribution in [-0.2, 0) is 12.8 Å². The molecular weight excluding hydrogens is 457 g/mol. The Balaban J connectivity index is 1.32. The molecular formula is C26H27F3N4O2. The first kappa shape index (κ1) is 24.5. The molecule has 1 aliphatic heterocycles. The van der Waals surface area contributed by atoms with Crippen molar-refractivity contribution in [1.82, 2.24) is 15.3 Å². The van der Waals surface area contributed by atoms with E-state index in [0.29, 0.717) is 43.9 Å². The summed E-state index contributed by atoms with van der Waals surface area (Å²) < 4.78 is 44.2. The number of alkyl halides is 3. The predicted octanol–water partition coefficient (Wildman–Crippen LogP) is 5.09. The van der Waals surface area contributed by atoms with E-state index in [4.69, 9.17) is 4.74 Å². The van der Waals surface area contributed by atoms with E-state index in [2.05, 4.69) is 15.3 Å². The number of aryl methyl sites for hydroxylation is 2. The number of piperidine rings is 1. The summed E-state index contributed by atoms with van der Waals surface area (Å²) in [5.41, 5.74) is 2.53. The average molecular weight is 485 g/mol. The first-order chi connectivity index (χ1) is 16.7. The number of amides is 1.